The smallest absolute Gasteiger partial charge is 0.330 e. The van der Waals surface area contributed by atoms with E-state index in [2.05, 4.69) is 0 Å². The fourth-order valence-electron chi connectivity index (χ4n) is 2.06. The molecule has 22 heavy (non-hydrogen) atoms. The summed E-state index contributed by atoms with van der Waals surface area (Å²) in [5.74, 6) is -0.908. The fraction of sp³-hybridized carbons (Fsp3) is 0.353. The molecule has 5 heteroatoms. The van der Waals surface area contributed by atoms with Crippen molar-refractivity contribution in [3.63, 3.8) is 0 Å². The van der Waals surface area contributed by atoms with Crippen LogP contribution in [0.25, 0.3) is 0 Å². The van der Waals surface area contributed by atoms with Gasteiger partial charge < -0.3 is 9.64 Å². The van der Waals surface area contributed by atoms with Gasteiger partial charge in [-0.3, -0.25) is 4.79 Å². The second kappa shape index (κ2) is 8.63. The molecule has 116 valence electrons. The predicted molar refractivity (Wildman–Crippen MR) is 84.3 cm³/mol. The van der Waals surface area contributed by atoms with Gasteiger partial charge in [0.25, 0.3) is 5.91 Å². The van der Waals surface area contributed by atoms with Crippen molar-refractivity contribution in [3.05, 3.63) is 41.5 Å². The number of nitriles is 1. The zero-order chi connectivity index (χ0) is 16.5. The summed E-state index contributed by atoms with van der Waals surface area (Å²) in [5.41, 5.74) is 2.76. The minimum absolute atomic E-state index is 0.210. The molecular weight excluding hydrogens is 280 g/mol. The summed E-state index contributed by atoms with van der Waals surface area (Å²) >= 11 is 0. The number of amides is 1. The molecule has 0 aliphatic heterocycles. The summed E-state index contributed by atoms with van der Waals surface area (Å²) in [4.78, 5) is 25.1. The lowest BCUT2D eigenvalue weighted by atomic mass is 10.1. The van der Waals surface area contributed by atoms with Crippen molar-refractivity contribution in [2.75, 3.05) is 18.1 Å². The SMILES string of the molecule is C/C=C/C(=O)OCC(=O)N(CCC#N)c1cc(C)cc(C)c1. The third kappa shape index (κ3) is 5.41. The maximum absolute atomic E-state index is 12.3. The topological polar surface area (TPSA) is 70.4 Å². The molecule has 1 aromatic rings. The first-order valence-corrected chi connectivity index (χ1v) is 7.03. The quantitative estimate of drug-likeness (QED) is 0.598. The number of anilines is 1. The third-order valence-corrected chi connectivity index (χ3v) is 2.91. The van der Waals surface area contributed by atoms with E-state index in [-0.39, 0.29) is 25.5 Å². The van der Waals surface area contributed by atoms with E-state index in [1.807, 2.05) is 38.1 Å². The standard InChI is InChI=1S/C17H20N2O3/c1-4-6-17(21)22-12-16(20)19(8-5-7-18)15-10-13(2)9-14(3)11-15/h4,6,9-11H,5,8,12H2,1-3H3/b6-4+. The highest BCUT2D eigenvalue weighted by molar-refractivity contribution is 5.96. The Morgan fingerprint density at radius 2 is 1.91 bits per heavy atom. The van der Waals surface area contributed by atoms with Crippen molar-refractivity contribution in [3.8, 4) is 6.07 Å². The van der Waals surface area contributed by atoms with Crippen molar-refractivity contribution in [2.24, 2.45) is 0 Å². The lowest BCUT2D eigenvalue weighted by Crippen LogP contribution is -2.35. The van der Waals surface area contributed by atoms with Gasteiger partial charge in [-0.2, -0.15) is 5.26 Å². The monoisotopic (exact) mass is 300 g/mol. The van der Waals surface area contributed by atoms with Crippen LogP contribution in [-0.2, 0) is 14.3 Å². The van der Waals surface area contributed by atoms with E-state index in [4.69, 9.17) is 10.00 Å². The van der Waals surface area contributed by atoms with Crippen molar-refractivity contribution in [1.82, 2.24) is 0 Å². The number of hydrogen-bond acceptors (Lipinski definition) is 4. The maximum atomic E-state index is 12.3. The van der Waals surface area contributed by atoms with Gasteiger partial charge in [0, 0.05) is 18.3 Å². The number of hydrogen-bond donors (Lipinski definition) is 0. The lowest BCUT2D eigenvalue weighted by molar-refractivity contribution is -0.143. The Kier molecular flexibility index (Phi) is 6.84. The molecule has 0 bridgehead atoms. The zero-order valence-electron chi connectivity index (χ0n) is 13.1. The molecule has 1 amide bonds. The minimum Gasteiger partial charge on any atom is -0.452 e. The number of allylic oxidation sites excluding steroid dienone is 1. The van der Waals surface area contributed by atoms with Crippen LogP contribution in [0.15, 0.2) is 30.4 Å². The van der Waals surface area contributed by atoms with Gasteiger partial charge in [0.15, 0.2) is 6.61 Å². The van der Waals surface area contributed by atoms with Gasteiger partial charge >= 0.3 is 5.97 Å². The summed E-state index contributed by atoms with van der Waals surface area (Å²) < 4.78 is 4.89. The highest BCUT2D eigenvalue weighted by Crippen LogP contribution is 2.19. The van der Waals surface area contributed by atoms with Crippen LogP contribution < -0.4 is 4.90 Å². The van der Waals surface area contributed by atoms with Crippen molar-refractivity contribution in [2.45, 2.75) is 27.2 Å². The Labute approximate surface area is 130 Å². The molecule has 0 saturated heterocycles. The number of nitrogens with zero attached hydrogens (tertiary/aromatic N) is 2. The van der Waals surface area contributed by atoms with Crippen LogP contribution in [0, 0.1) is 25.2 Å². The van der Waals surface area contributed by atoms with Gasteiger partial charge in [0.2, 0.25) is 0 Å². The largest absolute Gasteiger partial charge is 0.452 e. The van der Waals surface area contributed by atoms with Gasteiger partial charge in [-0.1, -0.05) is 12.1 Å². The van der Waals surface area contributed by atoms with E-state index in [1.165, 1.54) is 11.0 Å². The molecule has 1 aromatic carbocycles. The molecule has 0 aliphatic rings. The summed E-state index contributed by atoms with van der Waals surface area (Å²) in [6.07, 6.45) is 3.01. The predicted octanol–water partition coefficient (Wildman–Crippen LogP) is 2.67. The number of aryl methyl sites for hydroxylation is 2. The fourth-order valence-corrected chi connectivity index (χ4v) is 2.06. The third-order valence-electron chi connectivity index (χ3n) is 2.91. The molecule has 0 radical (unpaired) electrons. The van der Waals surface area contributed by atoms with Crippen LogP contribution in [0.3, 0.4) is 0 Å². The molecule has 0 aliphatic carbocycles. The first-order chi connectivity index (χ1) is 10.5. The van der Waals surface area contributed by atoms with Crippen LogP contribution in [0.5, 0.6) is 0 Å². The molecule has 0 saturated carbocycles. The molecule has 0 N–H and O–H groups in total. The number of carbonyl (C=O) groups is 2. The molecular formula is C17H20N2O3. The molecule has 5 nitrogen and oxygen atoms in total. The van der Waals surface area contributed by atoms with E-state index < -0.39 is 5.97 Å². The average Bonchev–Trinajstić information content (AvgIpc) is 2.45. The molecule has 0 atom stereocenters. The van der Waals surface area contributed by atoms with Crippen LogP contribution >= 0.6 is 0 Å². The summed E-state index contributed by atoms with van der Waals surface area (Å²) in [6, 6.07) is 7.77. The molecule has 0 spiro atoms. The van der Waals surface area contributed by atoms with Gasteiger partial charge in [-0.05, 0) is 44.0 Å². The Hall–Kier alpha value is -2.61. The van der Waals surface area contributed by atoms with Crippen molar-refractivity contribution in [1.29, 1.82) is 5.26 Å². The highest BCUT2D eigenvalue weighted by Gasteiger charge is 2.17. The first kappa shape index (κ1) is 17.4. The van der Waals surface area contributed by atoms with E-state index in [1.54, 1.807) is 13.0 Å². The number of rotatable bonds is 6. The van der Waals surface area contributed by atoms with Gasteiger partial charge in [-0.15, -0.1) is 0 Å². The average molecular weight is 300 g/mol. The van der Waals surface area contributed by atoms with E-state index >= 15 is 0 Å². The first-order valence-electron chi connectivity index (χ1n) is 7.03. The maximum Gasteiger partial charge on any atom is 0.330 e. The molecule has 0 aromatic heterocycles. The molecule has 0 fully saturated rings. The zero-order valence-corrected chi connectivity index (χ0v) is 13.1. The van der Waals surface area contributed by atoms with Crippen molar-refractivity contribution >= 4 is 17.6 Å². The highest BCUT2D eigenvalue weighted by atomic mass is 16.5. The molecule has 0 unspecified atom stereocenters. The van der Waals surface area contributed by atoms with Gasteiger partial charge in [0.1, 0.15) is 0 Å². The van der Waals surface area contributed by atoms with Gasteiger partial charge in [-0.25, -0.2) is 4.79 Å². The van der Waals surface area contributed by atoms with E-state index in [0.29, 0.717) is 5.69 Å². The summed E-state index contributed by atoms with van der Waals surface area (Å²) in [5, 5.41) is 8.76. The molecule has 0 heterocycles. The van der Waals surface area contributed by atoms with E-state index in [0.717, 1.165) is 11.1 Å². The lowest BCUT2D eigenvalue weighted by Gasteiger charge is -2.22. The Balaban J connectivity index is 2.89. The van der Waals surface area contributed by atoms with Crippen LogP contribution in [0.4, 0.5) is 5.69 Å². The van der Waals surface area contributed by atoms with Crippen molar-refractivity contribution < 1.29 is 14.3 Å². The summed E-state index contributed by atoms with van der Waals surface area (Å²) in [7, 11) is 0. The number of esters is 1. The van der Waals surface area contributed by atoms with Crippen LogP contribution in [-0.4, -0.2) is 25.0 Å². The van der Waals surface area contributed by atoms with Crippen LogP contribution in [0.1, 0.15) is 24.5 Å². The number of carbonyl (C=O) groups excluding carboxylic acids is 2. The van der Waals surface area contributed by atoms with Gasteiger partial charge in [0.05, 0.1) is 12.5 Å². The van der Waals surface area contributed by atoms with E-state index in [9.17, 15) is 9.59 Å². The second-order valence-corrected chi connectivity index (χ2v) is 4.91. The number of benzene rings is 1. The van der Waals surface area contributed by atoms with Crippen LogP contribution in [0.2, 0.25) is 0 Å². The Bertz CT molecular complexity index is 595. The Morgan fingerprint density at radius 1 is 1.27 bits per heavy atom. The summed E-state index contributed by atoms with van der Waals surface area (Å²) in [6.45, 7) is 5.49. The second-order valence-electron chi connectivity index (χ2n) is 4.91. The minimum atomic E-state index is -0.559. The molecule has 1 rings (SSSR count). The Morgan fingerprint density at radius 3 is 2.45 bits per heavy atom. The number of ether oxygens (including phenoxy) is 1. The normalized spacial score (nSPS) is 10.3.